The van der Waals surface area contributed by atoms with Crippen molar-refractivity contribution in [3.05, 3.63) is 66.0 Å². The Morgan fingerprint density at radius 2 is 1.92 bits per heavy atom. The molecule has 0 aliphatic heterocycles. The molecule has 7 nitrogen and oxygen atoms in total. The standard InChI is InChI=1S/C17H18IN3O4S/c1-10(9-26(25)13-5-3-12(18)4-6-13)19-15(22)8-7-14-11(2)20-17(24)21-16(14)23/h3-8,10H,9H2,1-2H3,(H,19,22)(H2,20,21,23,24)/b8-7+/t10-,26?/m0/s1. The van der Waals surface area contributed by atoms with Gasteiger partial charge in [0.15, 0.2) is 0 Å². The average molecular weight is 487 g/mol. The molecule has 0 aliphatic rings. The fourth-order valence-corrected chi connectivity index (χ4v) is 3.74. The molecule has 2 atom stereocenters. The van der Waals surface area contributed by atoms with Crippen LogP contribution in [0.5, 0.6) is 0 Å². The van der Waals surface area contributed by atoms with Gasteiger partial charge >= 0.3 is 5.69 Å². The third kappa shape index (κ3) is 5.77. The topological polar surface area (TPSA) is 112 Å². The minimum Gasteiger partial charge on any atom is -0.349 e. The summed E-state index contributed by atoms with van der Waals surface area (Å²) in [7, 11) is -1.22. The van der Waals surface area contributed by atoms with Crippen LogP contribution >= 0.6 is 22.6 Å². The fraction of sp³-hybridized carbons (Fsp3) is 0.235. The van der Waals surface area contributed by atoms with Gasteiger partial charge in [0.05, 0.1) is 16.4 Å². The maximum absolute atomic E-state index is 12.3. The number of aromatic amines is 2. The molecule has 138 valence electrons. The zero-order valence-corrected chi connectivity index (χ0v) is 17.1. The van der Waals surface area contributed by atoms with E-state index in [1.807, 2.05) is 12.1 Å². The maximum atomic E-state index is 12.3. The highest BCUT2D eigenvalue weighted by molar-refractivity contribution is 14.1. The van der Waals surface area contributed by atoms with Crippen LogP contribution in [-0.4, -0.2) is 31.9 Å². The number of aromatic nitrogens is 2. The Hall–Kier alpha value is -2.01. The minimum atomic E-state index is -1.22. The molecule has 2 aromatic rings. The third-order valence-corrected chi connectivity index (χ3v) is 5.76. The quantitative estimate of drug-likeness (QED) is 0.421. The number of amides is 1. The molecule has 0 fully saturated rings. The van der Waals surface area contributed by atoms with Crippen molar-refractivity contribution in [3.63, 3.8) is 0 Å². The molecule has 0 radical (unpaired) electrons. The molecule has 1 aromatic carbocycles. The van der Waals surface area contributed by atoms with Gasteiger partial charge in [-0.15, -0.1) is 0 Å². The monoisotopic (exact) mass is 487 g/mol. The van der Waals surface area contributed by atoms with Crippen LogP contribution in [0.4, 0.5) is 0 Å². The van der Waals surface area contributed by atoms with Crippen LogP contribution in [0, 0.1) is 10.5 Å². The normalized spacial score (nSPS) is 13.5. The second kappa shape index (κ2) is 9.08. The van der Waals surface area contributed by atoms with Gasteiger partial charge in [0, 0.05) is 32.0 Å². The summed E-state index contributed by atoms with van der Waals surface area (Å²) >= 11 is 2.17. The number of aryl methyl sites for hydroxylation is 1. The van der Waals surface area contributed by atoms with E-state index in [1.165, 1.54) is 12.2 Å². The van der Waals surface area contributed by atoms with Crippen LogP contribution in [0.1, 0.15) is 18.2 Å². The number of halogens is 1. The maximum Gasteiger partial charge on any atom is 0.325 e. The number of H-pyrrole nitrogens is 2. The summed E-state index contributed by atoms with van der Waals surface area (Å²) in [4.78, 5) is 40.1. The highest BCUT2D eigenvalue weighted by atomic mass is 127. The molecule has 1 amide bonds. The molecular weight excluding hydrogens is 469 g/mol. The van der Waals surface area contributed by atoms with E-state index in [-0.39, 0.29) is 17.4 Å². The molecule has 1 heterocycles. The highest BCUT2D eigenvalue weighted by Crippen LogP contribution is 2.11. The van der Waals surface area contributed by atoms with Gasteiger partial charge in [-0.1, -0.05) is 0 Å². The zero-order chi connectivity index (χ0) is 19.3. The summed E-state index contributed by atoms with van der Waals surface area (Å²) in [5, 5.41) is 2.71. The van der Waals surface area contributed by atoms with Gasteiger partial charge in [0.1, 0.15) is 0 Å². The zero-order valence-electron chi connectivity index (χ0n) is 14.2. The van der Waals surface area contributed by atoms with Crippen molar-refractivity contribution >= 4 is 45.4 Å². The first-order valence-electron chi connectivity index (χ1n) is 7.72. The highest BCUT2D eigenvalue weighted by Gasteiger charge is 2.11. The molecule has 2 rings (SSSR count). The van der Waals surface area contributed by atoms with Gasteiger partial charge in [0.25, 0.3) is 5.56 Å². The predicted molar refractivity (Wildman–Crippen MR) is 109 cm³/mol. The lowest BCUT2D eigenvalue weighted by Gasteiger charge is -2.12. The van der Waals surface area contributed by atoms with Crippen molar-refractivity contribution in [2.45, 2.75) is 24.8 Å². The summed E-state index contributed by atoms with van der Waals surface area (Å²) in [5.74, 6) is -0.138. The van der Waals surface area contributed by atoms with Gasteiger partial charge in [-0.3, -0.25) is 18.8 Å². The van der Waals surface area contributed by atoms with Crippen LogP contribution in [-0.2, 0) is 15.6 Å². The van der Waals surface area contributed by atoms with Crippen LogP contribution in [0.25, 0.3) is 6.08 Å². The first-order chi connectivity index (χ1) is 12.3. The molecule has 26 heavy (non-hydrogen) atoms. The lowest BCUT2D eigenvalue weighted by Crippen LogP contribution is -2.35. The van der Waals surface area contributed by atoms with Crippen LogP contribution in [0.15, 0.2) is 44.8 Å². The Labute approximate surface area is 165 Å². The molecule has 3 N–H and O–H groups in total. The third-order valence-electron chi connectivity index (χ3n) is 3.44. The first kappa shape index (κ1) is 20.3. The number of hydrogen-bond donors (Lipinski definition) is 3. The van der Waals surface area contributed by atoms with Crippen molar-refractivity contribution < 1.29 is 9.00 Å². The van der Waals surface area contributed by atoms with Crippen LogP contribution in [0.3, 0.4) is 0 Å². The van der Waals surface area contributed by atoms with Gasteiger partial charge in [0.2, 0.25) is 5.91 Å². The summed E-state index contributed by atoms with van der Waals surface area (Å²) in [6, 6.07) is 7.05. The van der Waals surface area contributed by atoms with E-state index in [1.54, 1.807) is 26.0 Å². The molecule has 0 saturated carbocycles. The van der Waals surface area contributed by atoms with E-state index < -0.39 is 28.0 Å². The van der Waals surface area contributed by atoms with Crippen LogP contribution < -0.4 is 16.6 Å². The number of carbonyl (C=O) groups is 1. The Morgan fingerprint density at radius 1 is 1.27 bits per heavy atom. The first-order valence-corrected chi connectivity index (χ1v) is 10.1. The number of nitrogens with one attached hydrogen (secondary N) is 3. The Morgan fingerprint density at radius 3 is 2.54 bits per heavy atom. The van der Waals surface area contributed by atoms with E-state index in [9.17, 15) is 18.6 Å². The van der Waals surface area contributed by atoms with Gasteiger partial charge in [-0.2, -0.15) is 0 Å². The van der Waals surface area contributed by atoms with E-state index >= 15 is 0 Å². The summed E-state index contributed by atoms with van der Waals surface area (Å²) in [5.41, 5.74) is -0.588. The van der Waals surface area contributed by atoms with Crippen molar-refractivity contribution in [1.82, 2.24) is 15.3 Å². The van der Waals surface area contributed by atoms with Crippen molar-refractivity contribution in [3.8, 4) is 0 Å². The van der Waals surface area contributed by atoms with Crippen LogP contribution in [0.2, 0.25) is 0 Å². The second-order valence-electron chi connectivity index (χ2n) is 5.66. The number of benzene rings is 1. The lowest BCUT2D eigenvalue weighted by molar-refractivity contribution is -0.116. The number of rotatable bonds is 6. The lowest BCUT2D eigenvalue weighted by atomic mass is 10.2. The van der Waals surface area contributed by atoms with E-state index in [4.69, 9.17) is 0 Å². The largest absolute Gasteiger partial charge is 0.349 e. The van der Waals surface area contributed by atoms with E-state index in [2.05, 4.69) is 37.9 Å². The van der Waals surface area contributed by atoms with Gasteiger partial charge in [-0.05, 0) is 66.8 Å². The minimum absolute atomic E-state index is 0.204. The molecule has 0 aliphatic carbocycles. The van der Waals surface area contributed by atoms with Gasteiger partial charge in [-0.25, -0.2) is 4.79 Å². The SMILES string of the molecule is Cc1[nH]c(=O)[nH]c(=O)c1/C=C/C(=O)N[C@@H](C)CS(=O)c1ccc(I)cc1. The van der Waals surface area contributed by atoms with E-state index in [0.29, 0.717) is 10.6 Å². The van der Waals surface area contributed by atoms with Crippen molar-refractivity contribution in [2.75, 3.05) is 5.75 Å². The molecule has 0 bridgehead atoms. The molecule has 1 aromatic heterocycles. The van der Waals surface area contributed by atoms with Crippen molar-refractivity contribution in [2.24, 2.45) is 0 Å². The smallest absolute Gasteiger partial charge is 0.325 e. The average Bonchev–Trinajstić information content (AvgIpc) is 2.54. The summed E-state index contributed by atoms with van der Waals surface area (Å²) in [6.07, 6.45) is 2.54. The number of hydrogen-bond acceptors (Lipinski definition) is 4. The Bertz CT molecular complexity index is 963. The summed E-state index contributed by atoms with van der Waals surface area (Å²) < 4.78 is 13.4. The van der Waals surface area contributed by atoms with Gasteiger partial charge < -0.3 is 10.3 Å². The van der Waals surface area contributed by atoms with Crippen molar-refractivity contribution in [1.29, 1.82) is 0 Å². The molecule has 9 heteroatoms. The molecule has 0 spiro atoms. The number of carbonyl (C=O) groups excluding carboxylic acids is 1. The molecule has 1 unspecified atom stereocenters. The summed E-state index contributed by atoms with van der Waals surface area (Å²) in [6.45, 7) is 3.33. The molecule has 0 saturated heterocycles. The second-order valence-corrected chi connectivity index (χ2v) is 8.40. The Balaban J connectivity index is 1.97. The molecular formula is C17H18IN3O4S. The van der Waals surface area contributed by atoms with E-state index in [0.717, 1.165) is 3.57 Å². The predicted octanol–water partition coefficient (Wildman–Crippen LogP) is 1.30. The fourth-order valence-electron chi connectivity index (χ4n) is 2.21. The Kier molecular flexibility index (Phi) is 7.09.